The lowest BCUT2D eigenvalue weighted by Gasteiger charge is -2.09. The van der Waals surface area contributed by atoms with Gasteiger partial charge in [0.25, 0.3) is 5.88 Å². The van der Waals surface area contributed by atoms with Gasteiger partial charge in [-0.05, 0) is 13.8 Å². The Kier molecular flexibility index (Phi) is 3.81. The van der Waals surface area contributed by atoms with E-state index >= 15 is 0 Å². The fourth-order valence-corrected chi connectivity index (χ4v) is 1.63. The number of H-pyrrole nitrogens is 1. The molecule has 2 aromatic heterocycles. The SMILES string of the molecule is Cc1cc(OC(F)F)n(-c2c(OC(F)F)n[nH]c2C)n1. The molecule has 110 valence electrons. The molecule has 0 aliphatic carbocycles. The lowest BCUT2D eigenvalue weighted by Crippen LogP contribution is -2.10. The predicted octanol–water partition coefficient (Wildman–Crippen LogP) is 2.42. The lowest BCUT2D eigenvalue weighted by molar-refractivity contribution is -0.0571. The monoisotopic (exact) mass is 294 g/mol. The van der Waals surface area contributed by atoms with Crippen LogP contribution in [0, 0.1) is 13.8 Å². The first-order valence-corrected chi connectivity index (χ1v) is 5.40. The van der Waals surface area contributed by atoms with E-state index in [2.05, 4.69) is 24.8 Å². The van der Waals surface area contributed by atoms with Gasteiger partial charge in [-0.15, -0.1) is 5.10 Å². The maximum absolute atomic E-state index is 12.3. The topological polar surface area (TPSA) is 65.0 Å². The summed E-state index contributed by atoms with van der Waals surface area (Å²) in [5.74, 6) is -0.763. The van der Waals surface area contributed by atoms with Gasteiger partial charge in [0.05, 0.1) is 11.4 Å². The molecule has 0 atom stereocenters. The van der Waals surface area contributed by atoms with Crippen LogP contribution in [0.15, 0.2) is 6.07 Å². The molecule has 0 radical (unpaired) electrons. The largest absolute Gasteiger partial charge is 0.417 e. The van der Waals surface area contributed by atoms with Crippen LogP contribution in [-0.2, 0) is 0 Å². The van der Waals surface area contributed by atoms with Crippen LogP contribution in [0.3, 0.4) is 0 Å². The molecule has 0 spiro atoms. The number of halogens is 4. The number of aromatic amines is 1. The van der Waals surface area contributed by atoms with Crippen molar-refractivity contribution in [3.8, 4) is 17.4 Å². The van der Waals surface area contributed by atoms with Crippen molar-refractivity contribution in [1.29, 1.82) is 0 Å². The van der Waals surface area contributed by atoms with Crippen LogP contribution >= 0.6 is 0 Å². The normalized spacial score (nSPS) is 11.4. The minimum atomic E-state index is -3.10. The number of nitrogens with zero attached hydrogens (tertiary/aromatic N) is 3. The minimum absolute atomic E-state index is 0.0194. The van der Waals surface area contributed by atoms with Crippen LogP contribution in [0.1, 0.15) is 11.4 Å². The summed E-state index contributed by atoms with van der Waals surface area (Å²) < 4.78 is 58.6. The quantitative estimate of drug-likeness (QED) is 0.860. The number of rotatable bonds is 5. The number of hydrogen-bond acceptors (Lipinski definition) is 4. The van der Waals surface area contributed by atoms with E-state index in [1.807, 2.05) is 0 Å². The van der Waals surface area contributed by atoms with Crippen molar-refractivity contribution in [2.75, 3.05) is 0 Å². The van der Waals surface area contributed by atoms with E-state index in [-0.39, 0.29) is 11.6 Å². The molecule has 0 aliphatic heterocycles. The first kappa shape index (κ1) is 14.2. The number of hydrogen-bond donors (Lipinski definition) is 1. The maximum Gasteiger partial charge on any atom is 0.388 e. The van der Waals surface area contributed by atoms with Gasteiger partial charge < -0.3 is 9.47 Å². The second-order valence-electron chi connectivity index (χ2n) is 3.80. The lowest BCUT2D eigenvalue weighted by atomic mass is 10.4. The molecule has 0 saturated heterocycles. The number of nitrogens with one attached hydrogen (secondary N) is 1. The molecular formula is C10H10F4N4O2. The molecule has 0 aromatic carbocycles. The standard InChI is InChI=1S/C10H10F4N4O2/c1-4-3-6(19-9(11)12)18(17-4)7-5(2)15-16-8(7)20-10(13)14/h3,9-10H,1-2H3,(H,15,16). The third kappa shape index (κ3) is 2.83. The summed E-state index contributed by atoms with van der Waals surface area (Å²) in [6.45, 7) is -3.13. The number of aromatic nitrogens is 4. The highest BCUT2D eigenvalue weighted by molar-refractivity contribution is 5.47. The van der Waals surface area contributed by atoms with E-state index in [0.717, 1.165) is 4.68 Å². The average Bonchev–Trinajstić information content (AvgIpc) is 2.81. The van der Waals surface area contributed by atoms with E-state index in [0.29, 0.717) is 11.4 Å². The van der Waals surface area contributed by atoms with E-state index in [1.54, 1.807) is 0 Å². The molecule has 0 aliphatic rings. The Morgan fingerprint density at radius 1 is 1.15 bits per heavy atom. The molecule has 1 N–H and O–H groups in total. The van der Waals surface area contributed by atoms with E-state index < -0.39 is 19.1 Å². The molecule has 0 amide bonds. The molecule has 0 saturated carbocycles. The molecule has 2 rings (SSSR count). The number of aryl methyl sites for hydroxylation is 2. The van der Waals surface area contributed by atoms with Gasteiger partial charge in [0, 0.05) is 6.07 Å². The highest BCUT2D eigenvalue weighted by Crippen LogP contribution is 2.29. The first-order chi connectivity index (χ1) is 9.38. The minimum Gasteiger partial charge on any atom is -0.417 e. The summed E-state index contributed by atoms with van der Waals surface area (Å²) in [7, 11) is 0. The third-order valence-corrected chi connectivity index (χ3v) is 2.30. The Balaban J connectivity index is 2.48. The van der Waals surface area contributed by atoms with Crippen LogP contribution in [0.5, 0.6) is 11.8 Å². The molecule has 0 fully saturated rings. The molecule has 6 nitrogen and oxygen atoms in total. The zero-order valence-electron chi connectivity index (χ0n) is 10.4. The molecule has 0 unspecified atom stereocenters. The maximum atomic E-state index is 12.3. The smallest absolute Gasteiger partial charge is 0.388 e. The van der Waals surface area contributed by atoms with E-state index in [4.69, 9.17) is 0 Å². The van der Waals surface area contributed by atoms with Gasteiger partial charge in [0.1, 0.15) is 0 Å². The van der Waals surface area contributed by atoms with Crippen molar-refractivity contribution < 1.29 is 27.0 Å². The van der Waals surface area contributed by atoms with Gasteiger partial charge in [-0.3, -0.25) is 5.10 Å². The first-order valence-electron chi connectivity index (χ1n) is 5.40. The zero-order chi connectivity index (χ0) is 14.9. The zero-order valence-corrected chi connectivity index (χ0v) is 10.4. The van der Waals surface area contributed by atoms with Crippen molar-refractivity contribution >= 4 is 0 Å². The molecule has 2 aromatic rings. The third-order valence-electron chi connectivity index (χ3n) is 2.30. The van der Waals surface area contributed by atoms with Crippen LogP contribution in [0.25, 0.3) is 5.69 Å². The van der Waals surface area contributed by atoms with Gasteiger partial charge in [-0.25, -0.2) is 0 Å². The summed E-state index contributed by atoms with van der Waals surface area (Å²) in [4.78, 5) is 0. The Morgan fingerprint density at radius 3 is 2.40 bits per heavy atom. The summed E-state index contributed by atoms with van der Waals surface area (Å²) in [5.41, 5.74) is 0.654. The van der Waals surface area contributed by atoms with E-state index in [1.165, 1.54) is 19.9 Å². The van der Waals surface area contributed by atoms with Gasteiger partial charge >= 0.3 is 13.2 Å². The molecular weight excluding hydrogens is 284 g/mol. The van der Waals surface area contributed by atoms with Gasteiger partial charge in [0.15, 0.2) is 5.69 Å². The fraction of sp³-hybridized carbons (Fsp3) is 0.400. The molecule has 10 heteroatoms. The van der Waals surface area contributed by atoms with Crippen LogP contribution < -0.4 is 9.47 Å². The number of alkyl halides is 4. The van der Waals surface area contributed by atoms with Gasteiger partial charge in [-0.2, -0.15) is 27.3 Å². The molecule has 2 heterocycles. The van der Waals surface area contributed by atoms with Crippen LogP contribution in [0.2, 0.25) is 0 Å². The molecule has 0 bridgehead atoms. The van der Waals surface area contributed by atoms with Crippen molar-refractivity contribution in [2.45, 2.75) is 27.1 Å². The summed E-state index contributed by atoms with van der Waals surface area (Å²) in [5, 5.41) is 9.86. The number of ether oxygens (including phenoxy) is 2. The summed E-state index contributed by atoms with van der Waals surface area (Å²) >= 11 is 0. The van der Waals surface area contributed by atoms with Crippen molar-refractivity contribution in [3.05, 3.63) is 17.5 Å². The highest BCUT2D eigenvalue weighted by Gasteiger charge is 2.22. The Hall–Kier alpha value is -2.26. The summed E-state index contributed by atoms with van der Waals surface area (Å²) in [6, 6.07) is 1.24. The fourth-order valence-electron chi connectivity index (χ4n) is 1.63. The second kappa shape index (κ2) is 5.39. The van der Waals surface area contributed by atoms with E-state index in [9.17, 15) is 17.6 Å². The molecule has 20 heavy (non-hydrogen) atoms. The average molecular weight is 294 g/mol. The van der Waals surface area contributed by atoms with Gasteiger partial charge in [-0.1, -0.05) is 0 Å². The van der Waals surface area contributed by atoms with Gasteiger partial charge in [0.2, 0.25) is 5.88 Å². The predicted molar refractivity (Wildman–Crippen MR) is 58.4 cm³/mol. The van der Waals surface area contributed by atoms with Crippen molar-refractivity contribution in [2.24, 2.45) is 0 Å². The van der Waals surface area contributed by atoms with Crippen molar-refractivity contribution in [3.63, 3.8) is 0 Å². The highest BCUT2D eigenvalue weighted by atomic mass is 19.3. The van der Waals surface area contributed by atoms with Crippen LogP contribution in [-0.4, -0.2) is 33.2 Å². The Bertz CT molecular complexity index is 596. The Morgan fingerprint density at radius 2 is 1.80 bits per heavy atom. The second-order valence-corrected chi connectivity index (χ2v) is 3.80. The van der Waals surface area contributed by atoms with Crippen molar-refractivity contribution in [1.82, 2.24) is 20.0 Å². The Labute approximate surface area is 110 Å². The summed E-state index contributed by atoms with van der Waals surface area (Å²) in [6.07, 6.45) is 0. The van der Waals surface area contributed by atoms with Crippen LogP contribution in [0.4, 0.5) is 17.6 Å².